The van der Waals surface area contributed by atoms with Crippen LogP contribution in [0, 0.1) is 0 Å². The molecule has 7 nitrogen and oxygen atoms in total. The molecule has 1 aromatic carbocycles. The fourth-order valence-electron chi connectivity index (χ4n) is 3.49. The molecular weight excluding hydrogens is 332 g/mol. The third kappa shape index (κ3) is 3.83. The number of benzene rings is 1. The molecule has 1 aliphatic rings. The van der Waals surface area contributed by atoms with Crippen molar-refractivity contribution in [1.82, 2.24) is 10.3 Å². The second-order valence-corrected chi connectivity index (χ2v) is 6.61. The van der Waals surface area contributed by atoms with Crippen LogP contribution in [0.4, 0.5) is 10.5 Å². The summed E-state index contributed by atoms with van der Waals surface area (Å²) in [5, 5.41) is 3.94. The Morgan fingerprint density at radius 2 is 2.08 bits per heavy atom. The number of methoxy groups -OCH3 is 1. The van der Waals surface area contributed by atoms with Gasteiger partial charge in [0.1, 0.15) is 5.69 Å². The number of nitrogens with two attached hydrogens (primary N) is 1. The number of hydrogen-bond acceptors (Lipinski definition) is 3. The largest absolute Gasteiger partial charge is 0.385 e. The van der Waals surface area contributed by atoms with Crippen LogP contribution in [0.15, 0.2) is 18.2 Å². The van der Waals surface area contributed by atoms with Crippen LogP contribution in [-0.2, 0) is 11.2 Å². The second-order valence-electron chi connectivity index (χ2n) is 6.61. The average Bonchev–Trinajstić information content (AvgIpc) is 3.24. The van der Waals surface area contributed by atoms with Gasteiger partial charge >= 0.3 is 6.03 Å². The Morgan fingerprint density at radius 3 is 2.85 bits per heavy atom. The number of nitrogens with zero attached hydrogens (tertiary/aromatic N) is 1. The molecule has 0 fully saturated rings. The minimum atomic E-state index is -0.442. The van der Waals surface area contributed by atoms with Crippen LogP contribution in [0.5, 0.6) is 0 Å². The van der Waals surface area contributed by atoms with Crippen LogP contribution >= 0.6 is 0 Å². The van der Waals surface area contributed by atoms with E-state index in [9.17, 15) is 9.59 Å². The van der Waals surface area contributed by atoms with Crippen molar-refractivity contribution in [3.8, 4) is 0 Å². The summed E-state index contributed by atoms with van der Waals surface area (Å²) >= 11 is 0. The van der Waals surface area contributed by atoms with Crippen molar-refractivity contribution < 1.29 is 14.3 Å². The second kappa shape index (κ2) is 8.23. The summed E-state index contributed by atoms with van der Waals surface area (Å²) in [6, 6.07) is 5.20. The van der Waals surface area contributed by atoms with E-state index in [1.807, 2.05) is 18.2 Å². The Labute approximate surface area is 152 Å². The van der Waals surface area contributed by atoms with Crippen molar-refractivity contribution >= 4 is 28.5 Å². The minimum Gasteiger partial charge on any atom is -0.385 e. The topological polar surface area (TPSA) is 100 Å². The van der Waals surface area contributed by atoms with Gasteiger partial charge in [-0.25, -0.2) is 4.79 Å². The Morgan fingerprint density at radius 1 is 1.27 bits per heavy atom. The number of hydrogen-bond donors (Lipinski definition) is 3. The van der Waals surface area contributed by atoms with Gasteiger partial charge < -0.3 is 20.8 Å². The Balaban J connectivity index is 1.61. The van der Waals surface area contributed by atoms with E-state index in [4.69, 9.17) is 10.5 Å². The molecule has 0 spiro atoms. The maximum atomic E-state index is 12.4. The first kappa shape index (κ1) is 18.3. The molecule has 1 aliphatic heterocycles. The number of unbranched alkanes of at least 4 members (excludes halogenated alkanes) is 3. The molecule has 1 aromatic heterocycles. The number of aromatic amines is 1. The lowest BCUT2D eigenvalue weighted by atomic mass is 10.1. The van der Waals surface area contributed by atoms with Crippen LogP contribution in [0.2, 0.25) is 0 Å². The predicted octanol–water partition coefficient (Wildman–Crippen LogP) is 2.55. The predicted molar refractivity (Wildman–Crippen MR) is 102 cm³/mol. The van der Waals surface area contributed by atoms with E-state index < -0.39 is 6.03 Å². The number of primary amides is 1. The Hall–Kier alpha value is -2.54. The van der Waals surface area contributed by atoms with Gasteiger partial charge in [-0.15, -0.1) is 0 Å². The summed E-state index contributed by atoms with van der Waals surface area (Å²) in [4.78, 5) is 28.6. The zero-order valence-corrected chi connectivity index (χ0v) is 15.1. The number of nitrogens with one attached hydrogen (secondary N) is 2. The number of amides is 3. The fraction of sp³-hybridized carbons (Fsp3) is 0.474. The van der Waals surface area contributed by atoms with E-state index >= 15 is 0 Å². The maximum absolute atomic E-state index is 12.4. The molecule has 0 atom stereocenters. The quantitative estimate of drug-likeness (QED) is 0.632. The molecule has 0 saturated heterocycles. The van der Waals surface area contributed by atoms with Crippen molar-refractivity contribution in [2.24, 2.45) is 5.73 Å². The van der Waals surface area contributed by atoms with E-state index in [0.29, 0.717) is 18.8 Å². The summed E-state index contributed by atoms with van der Waals surface area (Å²) in [6.45, 7) is 2.03. The number of rotatable bonds is 8. The summed E-state index contributed by atoms with van der Waals surface area (Å²) in [5.74, 6) is -0.100. The van der Waals surface area contributed by atoms with Gasteiger partial charge in [0.15, 0.2) is 0 Å². The van der Waals surface area contributed by atoms with Gasteiger partial charge in [0, 0.05) is 43.4 Å². The highest BCUT2D eigenvalue weighted by Crippen LogP contribution is 2.34. The Kier molecular flexibility index (Phi) is 5.78. The lowest BCUT2D eigenvalue weighted by Gasteiger charge is -2.13. The molecule has 4 N–H and O–H groups in total. The molecule has 3 amide bonds. The number of anilines is 1. The SMILES string of the molecule is COCCCCCCNC(=O)c1cc2c3c(ccc2[nH]1)N(C(N)=O)CC3. The fourth-order valence-corrected chi connectivity index (χ4v) is 3.49. The molecule has 0 aliphatic carbocycles. The van der Waals surface area contributed by atoms with Crippen LogP contribution < -0.4 is 16.0 Å². The number of aromatic nitrogens is 1. The molecule has 0 unspecified atom stereocenters. The minimum absolute atomic E-state index is 0.100. The van der Waals surface area contributed by atoms with Gasteiger partial charge in [-0.05, 0) is 43.0 Å². The first-order valence-electron chi connectivity index (χ1n) is 9.10. The highest BCUT2D eigenvalue weighted by molar-refractivity contribution is 6.03. The molecule has 3 rings (SSSR count). The van der Waals surface area contributed by atoms with E-state index in [0.717, 1.165) is 60.9 Å². The zero-order valence-electron chi connectivity index (χ0n) is 15.1. The summed E-state index contributed by atoms with van der Waals surface area (Å²) in [7, 11) is 1.71. The van der Waals surface area contributed by atoms with E-state index in [-0.39, 0.29) is 5.91 Å². The van der Waals surface area contributed by atoms with E-state index in [1.54, 1.807) is 12.0 Å². The van der Waals surface area contributed by atoms with Crippen LogP contribution in [-0.4, -0.2) is 43.7 Å². The lowest BCUT2D eigenvalue weighted by molar-refractivity contribution is 0.0948. The zero-order chi connectivity index (χ0) is 18.5. The number of carbonyl (C=O) groups is 2. The summed E-state index contributed by atoms with van der Waals surface area (Å²) < 4.78 is 5.02. The average molecular weight is 358 g/mol. The van der Waals surface area contributed by atoms with Crippen molar-refractivity contribution in [3.05, 3.63) is 29.5 Å². The van der Waals surface area contributed by atoms with Gasteiger partial charge in [0.05, 0.1) is 0 Å². The monoisotopic (exact) mass is 358 g/mol. The number of carbonyl (C=O) groups excluding carboxylic acids is 2. The first-order valence-corrected chi connectivity index (χ1v) is 9.10. The number of fused-ring (bicyclic) bond motifs is 3. The number of urea groups is 1. The van der Waals surface area contributed by atoms with E-state index in [1.165, 1.54) is 0 Å². The van der Waals surface area contributed by atoms with Crippen molar-refractivity contribution in [3.63, 3.8) is 0 Å². The van der Waals surface area contributed by atoms with Gasteiger partial charge in [-0.3, -0.25) is 9.69 Å². The van der Waals surface area contributed by atoms with Gasteiger partial charge in [-0.2, -0.15) is 0 Å². The van der Waals surface area contributed by atoms with Crippen molar-refractivity contribution in [2.45, 2.75) is 32.1 Å². The molecule has 7 heteroatoms. The van der Waals surface area contributed by atoms with Crippen LogP contribution in [0.3, 0.4) is 0 Å². The summed E-state index contributed by atoms with van der Waals surface area (Å²) in [6.07, 6.45) is 4.94. The van der Waals surface area contributed by atoms with Gasteiger partial charge in [0.2, 0.25) is 0 Å². The smallest absolute Gasteiger partial charge is 0.319 e. The highest BCUT2D eigenvalue weighted by atomic mass is 16.5. The van der Waals surface area contributed by atoms with E-state index in [2.05, 4.69) is 10.3 Å². The maximum Gasteiger partial charge on any atom is 0.319 e. The Bertz CT molecular complexity index is 799. The molecule has 2 aromatic rings. The normalized spacial score (nSPS) is 13.2. The third-order valence-corrected chi connectivity index (χ3v) is 4.84. The number of ether oxygens (including phenoxy) is 1. The van der Waals surface area contributed by atoms with Crippen molar-refractivity contribution in [1.29, 1.82) is 0 Å². The van der Waals surface area contributed by atoms with Crippen molar-refractivity contribution in [2.75, 3.05) is 31.7 Å². The molecule has 0 radical (unpaired) electrons. The highest BCUT2D eigenvalue weighted by Gasteiger charge is 2.25. The molecule has 26 heavy (non-hydrogen) atoms. The molecule has 140 valence electrons. The van der Waals surface area contributed by atoms with Gasteiger partial charge in [0.25, 0.3) is 5.91 Å². The molecule has 0 bridgehead atoms. The standard InChI is InChI=1S/C19H26N4O3/c1-26-11-5-3-2-4-9-21-18(24)16-12-14-13-8-10-23(19(20)25)17(13)7-6-15(14)22-16/h6-7,12,22H,2-5,8-11H2,1H3,(H2,20,25)(H,21,24). The molecule has 0 saturated carbocycles. The molecular formula is C19H26N4O3. The lowest BCUT2D eigenvalue weighted by Crippen LogP contribution is -2.33. The van der Waals surface area contributed by atoms with Crippen LogP contribution in [0.25, 0.3) is 10.9 Å². The molecule has 2 heterocycles. The van der Waals surface area contributed by atoms with Gasteiger partial charge in [-0.1, -0.05) is 12.8 Å². The summed E-state index contributed by atoms with van der Waals surface area (Å²) in [5.41, 5.74) is 8.78. The third-order valence-electron chi connectivity index (χ3n) is 4.84. The van der Waals surface area contributed by atoms with Crippen LogP contribution in [0.1, 0.15) is 41.7 Å². The number of H-pyrrole nitrogens is 1. The first-order chi connectivity index (χ1) is 12.6.